The average molecular weight is 599 g/mol. The lowest BCUT2D eigenvalue weighted by atomic mass is 9.89. The maximum atomic E-state index is 13.8. The summed E-state index contributed by atoms with van der Waals surface area (Å²) in [5.41, 5.74) is 4.58. The highest BCUT2D eigenvalue weighted by molar-refractivity contribution is 5.78. The lowest BCUT2D eigenvalue weighted by Gasteiger charge is -2.37. The molecule has 44 heavy (non-hydrogen) atoms. The van der Waals surface area contributed by atoms with Gasteiger partial charge in [-0.25, -0.2) is 4.98 Å². The van der Waals surface area contributed by atoms with E-state index in [1.807, 2.05) is 100 Å². The van der Waals surface area contributed by atoms with Gasteiger partial charge in [-0.15, -0.1) is 0 Å². The molecule has 0 saturated carbocycles. The van der Waals surface area contributed by atoms with E-state index < -0.39 is 11.7 Å². The summed E-state index contributed by atoms with van der Waals surface area (Å²) in [5, 5.41) is 0. The molecule has 1 aliphatic rings. The number of piperazine rings is 1. The van der Waals surface area contributed by atoms with Gasteiger partial charge in [0.15, 0.2) is 11.4 Å². The van der Waals surface area contributed by atoms with E-state index in [0.29, 0.717) is 49.9 Å². The monoisotopic (exact) mass is 598 g/mol. The molecule has 3 heterocycles. The molecule has 5 aromatic rings. The summed E-state index contributed by atoms with van der Waals surface area (Å²) in [4.78, 5) is 22.2. The van der Waals surface area contributed by atoms with Crippen molar-refractivity contribution in [1.29, 1.82) is 0 Å². The molecule has 2 aromatic heterocycles. The normalized spacial score (nSPS) is 14.5. The number of aryl methyl sites for hydroxylation is 1. The molecule has 0 spiro atoms. The third-order valence-electron chi connectivity index (χ3n) is 8.24. The summed E-state index contributed by atoms with van der Waals surface area (Å²) in [7, 11) is 0. The van der Waals surface area contributed by atoms with Crippen LogP contribution in [-0.2, 0) is 17.6 Å². The number of carbonyl (C=O) groups is 1. The Morgan fingerprint density at radius 3 is 2.41 bits per heavy atom. The second-order valence-corrected chi connectivity index (χ2v) is 11.1. The maximum Gasteiger partial charge on any atom is 0.416 e. The molecule has 6 rings (SSSR count). The van der Waals surface area contributed by atoms with E-state index in [4.69, 9.17) is 9.72 Å². The Labute approximate surface area is 254 Å². The number of aromatic nitrogens is 2. The minimum Gasteiger partial charge on any atom is -0.485 e. The number of ether oxygens (including phenoxy) is 1. The fourth-order valence-corrected chi connectivity index (χ4v) is 5.86. The van der Waals surface area contributed by atoms with Crippen molar-refractivity contribution in [2.24, 2.45) is 0 Å². The molecule has 9 heteroatoms. The van der Waals surface area contributed by atoms with Crippen molar-refractivity contribution in [1.82, 2.24) is 14.3 Å². The van der Waals surface area contributed by atoms with Gasteiger partial charge in [0.2, 0.25) is 5.91 Å². The van der Waals surface area contributed by atoms with Crippen molar-refractivity contribution in [3.8, 4) is 5.75 Å². The maximum absolute atomic E-state index is 13.8. The summed E-state index contributed by atoms with van der Waals surface area (Å²) < 4.78 is 47.9. The van der Waals surface area contributed by atoms with Gasteiger partial charge in [0.25, 0.3) is 0 Å². The number of alkyl halides is 3. The van der Waals surface area contributed by atoms with E-state index in [1.165, 1.54) is 12.1 Å². The van der Waals surface area contributed by atoms with Crippen molar-refractivity contribution >= 4 is 17.2 Å². The van der Waals surface area contributed by atoms with Crippen molar-refractivity contribution in [2.75, 3.05) is 31.1 Å². The summed E-state index contributed by atoms with van der Waals surface area (Å²) in [5.74, 6) is 0.390. The first-order chi connectivity index (χ1) is 21.3. The topological polar surface area (TPSA) is 50.1 Å². The zero-order valence-electron chi connectivity index (χ0n) is 24.4. The molecule has 0 aliphatic carbocycles. The van der Waals surface area contributed by atoms with Gasteiger partial charge >= 0.3 is 6.18 Å². The van der Waals surface area contributed by atoms with Crippen LogP contribution in [0.15, 0.2) is 103 Å². The van der Waals surface area contributed by atoms with Crippen molar-refractivity contribution in [3.63, 3.8) is 0 Å². The van der Waals surface area contributed by atoms with E-state index in [1.54, 1.807) is 6.07 Å². The molecule has 1 aliphatic heterocycles. The van der Waals surface area contributed by atoms with Crippen LogP contribution in [0.4, 0.5) is 18.9 Å². The first kappa shape index (κ1) is 29.3. The number of anilines is 1. The highest BCUT2D eigenvalue weighted by Crippen LogP contribution is 2.34. The van der Waals surface area contributed by atoms with Crippen LogP contribution in [0, 0.1) is 6.92 Å². The van der Waals surface area contributed by atoms with Crippen LogP contribution in [0.5, 0.6) is 5.75 Å². The molecule has 0 N–H and O–H groups in total. The molecular weight excluding hydrogens is 565 g/mol. The number of benzene rings is 3. The van der Waals surface area contributed by atoms with Crippen LogP contribution in [-0.4, -0.2) is 46.4 Å². The fourth-order valence-electron chi connectivity index (χ4n) is 5.86. The van der Waals surface area contributed by atoms with E-state index in [2.05, 4.69) is 0 Å². The van der Waals surface area contributed by atoms with Gasteiger partial charge < -0.3 is 18.9 Å². The number of rotatable bonds is 8. The Kier molecular flexibility index (Phi) is 8.28. The lowest BCUT2D eigenvalue weighted by molar-refractivity contribution is -0.137. The Balaban J connectivity index is 1.21. The Bertz CT molecular complexity index is 1740. The van der Waals surface area contributed by atoms with Gasteiger partial charge in [0, 0.05) is 56.6 Å². The zero-order chi connectivity index (χ0) is 30.7. The van der Waals surface area contributed by atoms with E-state index in [0.717, 1.165) is 28.5 Å². The molecule has 0 radical (unpaired) electrons. The summed E-state index contributed by atoms with van der Waals surface area (Å²) in [6, 6.07) is 27.2. The zero-order valence-corrected chi connectivity index (χ0v) is 24.4. The standard InChI is InChI=1S/C35H33F3N4O2/c1-25-9-5-6-14-29(25)30(31-23-39-34-32(15-8-16-42(31)34)44-24-26-10-3-2-4-11-26)22-33(43)41-19-17-40(18-20-41)28-13-7-12-27(21-28)35(36,37)38/h2-16,21,23,30H,17-20,22,24H2,1H3. The van der Waals surface area contributed by atoms with Crippen LogP contribution < -0.4 is 9.64 Å². The SMILES string of the molecule is Cc1ccccc1C(CC(=O)N1CCN(c2cccc(C(F)(F)F)c2)CC1)c1cnc2c(OCc3ccccc3)cccn12. The molecule has 1 saturated heterocycles. The minimum absolute atomic E-state index is 0.00613. The first-order valence-electron chi connectivity index (χ1n) is 14.7. The van der Waals surface area contributed by atoms with Crippen molar-refractivity contribution in [3.05, 3.63) is 131 Å². The Morgan fingerprint density at radius 2 is 1.66 bits per heavy atom. The molecular formula is C35H33F3N4O2. The summed E-state index contributed by atoms with van der Waals surface area (Å²) in [6.07, 6.45) is -0.403. The van der Waals surface area contributed by atoms with Gasteiger partial charge in [-0.1, -0.05) is 60.7 Å². The smallest absolute Gasteiger partial charge is 0.416 e. The van der Waals surface area contributed by atoms with Crippen LogP contribution >= 0.6 is 0 Å². The van der Waals surface area contributed by atoms with E-state index >= 15 is 0 Å². The lowest BCUT2D eigenvalue weighted by Crippen LogP contribution is -2.49. The highest BCUT2D eigenvalue weighted by atomic mass is 19.4. The second-order valence-electron chi connectivity index (χ2n) is 11.1. The minimum atomic E-state index is -4.40. The van der Waals surface area contributed by atoms with E-state index in [9.17, 15) is 18.0 Å². The van der Waals surface area contributed by atoms with Crippen LogP contribution in [0.1, 0.15) is 40.3 Å². The molecule has 226 valence electrons. The second kappa shape index (κ2) is 12.4. The van der Waals surface area contributed by atoms with Crippen LogP contribution in [0.25, 0.3) is 5.65 Å². The molecule has 0 bridgehead atoms. The third-order valence-corrected chi connectivity index (χ3v) is 8.24. The third kappa shape index (κ3) is 6.27. The predicted molar refractivity (Wildman–Crippen MR) is 164 cm³/mol. The fraction of sp³-hybridized carbons (Fsp3) is 0.257. The number of hydrogen-bond donors (Lipinski definition) is 0. The van der Waals surface area contributed by atoms with Crippen molar-refractivity contribution in [2.45, 2.75) is 32.0 Å². The van der Waals surface area contributed by atoms with Crippen LogP contribution in [0.2, 0.25) is 0 Å². The molecule has 1 unspecified atom stereocenters. The van der Waals surface area contributed by atoms with Crippen LogP contribution in [0.3, 0.4) is 0 Å². The van der Waals surface area contributed by atoms with Gasteiger partial charge in [0.1, 0.15) is 6.61 Å². The number of halogens is 3. The first-order valence-corrected chi connectivity index (χ1v) is 14.7. The molecule has 1 atom stereocenters. The average Bonchev–Trinajstić information content (AvgIpc) is 3.48. The molecule has 1 fully saturated rings. The number of nitrogens with zero attached hydrogens (tertiary/aromatic N) is 4. The Hall–Kier alpha value is -4.79. The predicted octanol–water partition coefficient (Wildman–Crippen LogP) is 7.11. The van der Waals surface area contributed by atoms with Gasteiger partial charge in [-0.3, -0.25) is 4.79 Å². The van der Waals surface area contributed by atoms with Gasteiger partial charge in [-0.2, -0.15) is 13.2 Å². The number of hydrogen-bond acceptors (Lipinski definition) is 4. The van der Waals surface area contributed by atoms with Gasteiger partial charge in [-0.05, 0) is 53.9 Å². The number of carbonyl (C=O) groups excluding carboxylic acids is 1. The Morgan fingerprint density at radius 1 is 0.909 bits per heavy atom. The number of amides is 1. The number of imidazole rings is 1. The number of pyridine rings is 1. The largest absolute Gasteiger partial charge is 0.485 e. The summed E-state index contributed by atoms with van der Waals surface area (Å²) >= 11 is 0. The van der Waals surface area contributed by atoms with E-state index in [-0.39, 0.29) is 18.2 Å². The number of fused-ring (bicyclic) bond motifs is 1. The summed E-state index contributed by atoms with van der Waals surface area (Å²) in [6.45, 7) is 4.23. The highest BCUT2D eigenvalue weighted by Gasteiger charge is 2.32. The molecule has 3 aromatic carbocycles. The van der Waals surface area contributed by atoms with Crippen molar-refractivity contribution < 1.29 is 22.7 Å². The quantitative estimate of drug-likeness (QED) is 0.191. The van der Waals surface area contributed by atoms with Gasteiger partial charge in [0.05, 0.1) is 11.3 Å². The molecule has 1 amide bonds. The molecule has 6 nitrogen and oxygen atoms in total.